The quantitative estimate of drug-likeness (QED) is 0.731. The topological polar surface area (TPSA) is 95.7 Å². The summed E-state index contributed by atoms with van der Waals surface area (Å²) in [6.07, 6.45) is 0. The van der Waals surface area contributed by atoms with E-state index < -0.39 is 5.97 Å². The Morgan fingerprint density at radius 3 is 2.75 bits per heavy atom. The number of hydrogen-bond acceptors (Lipinski definition) is 5. The van der Waals surface area contributed by atoms with Gasteiger partial charge in [-0.1, -0.05) is 5.16 Å². The zero-order valence-electron chi connectivity index (χ0n) is 9.06. The van der Waals surface area contributed by atoms with Gasteiger partial charge < -0.3 is 9.63 Å². The van der Waals surface area contributed by atoms with E-state index in [4.69, 9.17) is 9.63 Å². The van der Waals surface area contributed by atoms with Crippen LogP contribution in [-0.2, 0) is 9.59 Å². The average molecular weight is 227 g/mol. The van der Waals surface area contributed by atoms with Gasteiger partial charge in [-0.05, 0) is 14.0 Å². The van der Waals surface area contributed by atoms with Crippen molar-refractivity contribution in [2.75, 3.05) is 25.5 Å². The van der Waals surface area contributed by atoms with Gasteiger partial charge in [0, 0.05) is 6.07 Å². The number of anilines is 1. The van der Waals surface area contributed by atoms with Crippen molar-refractivity contribution in [2.45, 2.75) is 6.92 Å². The smallest absolute Gasteiger partial charge is 0.317 e. The summed E-state index contributed by atoms with van der Waals surface area (Å²) in [5.74, 6) is -1.07. The number of carbonyl (C=O) groups excluding carboxylic acids is 1. The highest BCUT2D eigenvalue weighted by atomic mass is 16.5. The predicted molar refractivity (Wildman–Crippen MR) is 55.0 cm³/mol. The second-order valence-corrected chi connectivity index (χ2v) is 3.45. The first-order valence-corrected chi connectivity index (χ1v) is 4.61. The summed E-state index contributed by atoms with van der Waals surface area (Å²) in [5, 5.41) is 14.6. The van der Waals surface area contributed by atoms with Crippen molar-refractivity contribution in [1.82, 2.24) is 10.1 Å². The molecule has 0 fully saturated rings. The maximum absolute atomic E-state index is 11.4. The molecule has 0 radical (unpaired) electrons. The molecule has 88 valence electrons. The molecule has 0 spiro atoms. The standard InChI is InChI=1S/C9H13N3O4/c1-6-3-8(16-11-6)10-7(13)4-12(2)5-9(14)15/h3H,4-5H2,1-2H3,(H,10,13)(H,14,15). The second-order valence-electron chi connectivity index (χ2n) is 3.45. The molecule has 1 amide bonds. The summed E-state index contributed by atoms with van der Waals surface area (Å²) in [6.45, 7) is 1.52. The number of likely N-dealkylation sites (N-methyl/N-ethyl adjacent to an activating group) is 1. The third kappa shape index (κ3) is 4.09. The highest BCUT2D eigenvalue weighted by molar-refractivity contribution is 5.91. The molecule has 7 nitrogen and oxygen atoms in total. The first-order valence-electron chi connectivity index (χ1n) is 4.61. The SMILES string of the molecule is Cc1cc(NC(=O)CN(C)CC(=O)O)on1. The van der Waals surface area contributed by atoms with Gasteiger partial charge in [0.05, 0.1) is 18.8 Å². The summed E-state index contributed by atoms with van der Waals surface area (Å²) in [5.41, 5.74) is 0.661. The Labute approximate surface area is 92.0 Å². The van der Waals surface area contributed by atoms with Gasteiger partial charge in [0.2, 0.25) is 11.8 Å². The van der Waals surface area contributed by atoms with E-state index in [0.29, 0.717) is 5.69 Å². The van der Waals surface area contributed by atoms with Crippen LogP contribution in [0.25, 0.3) is 0 Å². The first kappa shape index (κ1) is 12.2. The summed E-state index contributed by atoms with van der Waals surface area (Å²) in [4.78, 5) is 23.1. The highest BCUT2D eigenvalue weighted by Gasteiger charge is 2.11. The van der Waals surface area contributed by atoms with Crippen LogP contribution in [0.4, 0.5) is 5.88 Å². The molecule has 0 aliphatic rings. The lowest BCUT2D eigenvalue weighted by Gasteiger charge is -2.12. The van der Waals surface area contributed by atoms with Crippen molar-refractivity contribution in [3.63, 3.8) is 0 Å². The van der Waals surface area contributed by atoms with E-state index in [0.717, 1.165) is 0 Å². The first-order chi connectivity index (χ1) is 7.47. The lowest BCUT2D eigenvalue weighted by Crippen LogP contribution is -2.33. The number of hydrogen-bond donors (Lipinski definition) is 2. The fraction of sp³-hybridized carbons (Fsp3) is 0.444. The molecule has 1 heterocycles. The number of carbonyl (C=O) groups is 2. The Morgan fingerprint density at radius 2 is 2.25 bits per heavy atom. The van der Waals surface area contributed by atoms with E-state index in [1.54, 1.807) is 20.0 Å². The minimum Gasteiger partial charge on any atom is -0.480 e. The van der Waals surface area contributed by atoms with Gasteiger partial charge in [-0.15, -0.1) is 0 Å². The maximum Gasteiger partial charge on any atom is 0.317 e. The molecule has 7 heteroatoms. The number of aliphatic carboxylic acids is 1. The lowest BCUT2D eigenvalue weighted by atomic mass is 10.4. The van der Waals surface area contributed by atoms with Crippen LogP contribution in [0.5, 0.6) is 0 Å². The van der Waals surface area contributed by atoms with Gasteiger partial charge in [0.15, 0.2) is 0 Å². The van der Waals surface area contributed by atoms with Crippen molar-refractivity contribution in [1.29, 1.82) is 0 Å². The van der Waals surface area contributed by atoms with Crippen LogP contribution < -0.4 is 5.32 Å². The van der Waals surface area contributed by atoms with Gasteiger partial charge in [0.25, 0.3) is 0 Å². The average Bonchev–Trinajstić information content (AvgIpc) is 2.48. The van der Waals surface area contributed by atoms with Crippen LogP contribution in [0.1, 0.15) is 5.69 Å². The fourth-order valence-electron chi connectivity index (χ4n) is 1.13. The Kier molecular flexibility index (Phi) is 4.01. The lowest BCUT2D eigenvalue weighted by molar-refractivity contribution is -0.138. The third-order valence-electron chi connectivity index (χ3n) is 1.71. The van der Waals surface area contributed by atoms with Gasteiger partial charge in [0.1, 0.15) is 0 Å². The van der Waals surface area contributed by atoms with Crippen LogP contribution in [0.3, 0.4) is 0 Å². The molecule has 1 aromatic heterocycles. The van der Waals surface area contributed by atoms with Crippen LogP contribution in [0.2, 0.25) is 0 Å². The minimum absolute atomic E-state index is 0.0218. The number of carboxylic acid groups (broad SMARTS) is 1. The van der Waals surface area contributed by atoms with Gasteiger partial charge >= 0.3 is 5.97 Å². The van der Waals surface area contributed by atoms with Crippen LogP contribution in [0.15, 0.2) is 10.6 Å². The molecule has 0 saturated heterocycles. The molecule has 0 aromatic carbocycles. The van der Waals surface area contributed by atoms with E-state index >= 15 is 0 Å². The van der Waals surface area contributed by atoms with E-state index in [1.807, 2.05) is 0 Å². The van der Waals surface area contributed by atoms with Gasteiger partial charge in [-0.2, -0.15) is 0 Å². The van der Waals surface area contributed by atoms with Crippen LogP contribution in [0, 0.1) is 6.92 Å². The van der Waals surface area contributed by atoms with Crippen molar-refractivity contribution in [3.8, 4) is 0 Å². The van der Waals surface area contributed by atoms with E-state index in [-0.39, 0.29) is 24.9 Å². The number of nitrogens with one attached hydrogen (secondary N) is 1. The summed E-state index contributed by atoms with van der Waals surface area (Å²) in [7, 11) is 1.54. The molecular formula is C9H13N3O4. The molecule has 0 atom stereocenters. The van der Waals surface area contributed by atoms with Crippen molar-refractivity contribution >= 4 is 17.8 Å². The van der Waals surface area contributed by atoms with Crippen molar-refractivity contribution in [3.05, 3.63) is 11.8 Å². The summed E-state index contributed by atoms with van der Waals surface area (Å²) >= 11 is 0. The molecule has 16 heavy (non-hydrogen) atoms. The number of amides is 1. The van der Waals surface area contributed by atoms with E-state index in [2.05, 4.69) is 10.5 Å². The Morgan fingerprint density at radius 1 is 1.56 bits per heavy atom. The number of aryl methyl sites for hydroxylation is 1. The van der Waals surface area contributed by atoms with Crippen LogP contribution in [-0.4, -0.2) is 47.2 Å². The monoisotopic (exact) mass is 227 g/mol. The highest BCUT2D eigenvalue weighted by Crippen LogP contribution is 2.07. The molecule has 0 saturated carbocycles. The van der Waals surface area contributed by atoms with E-state index in [1.165, 1.54) is 4.90 Å². The fourth-order valence-corrected chi connectivity index (χ4v) is 1.13. The Hall–Kier alpha value is -1.89. The largest absolute Gasteiger partial charge is 0.480 e. The zero-order chi connectivity index (χ0) is 12.1. The van der Waals surface area contributed by atoms with Crippen molar-refractivity contribution < 1.29 is 19.2 Å². The number of rotatable bonds is 5. The van der Waals surface area contributed by atoms with E-state index in [9.17, 15) is 9.59 Å². The second kappa shape index (κ2) is 5.26. The number of carboxylic acids is 1. The molecule has 0 bridgehead atoms. The Bertz CT molecular complexity index is 388. The molecule has 1 aromatic rings. The summed E-state index contributed by atoms with van der Waals surface area (Å²) in [6, 6.07) is 1.58. The normalized spacial score (nSPS) is 10.4. The third-order valence-corrected chi connectivity index (χ3v) is 1.71. The predicted octanol–water partition coefficient (Wildman–Crippen LogP) is -0.0621. The summed E-state index contributed by atoms with van der Waals surface area (Å²) < 4.78 is 4.78. The number of aromatic nitrogens is 1. The molecule has 0 aliphatic heterocycles. The molecular weight excluding hydrogens is 214 g/mol. The van der Waals surface area contributed by atoms with Gasteiger partial charge in [-0.3, -0.25) is 19.8 Å². The molecule has 1 rings (SSSR count). The van der Waals surface area contributed by atoms with Crippen molar-refractivity contribution in [2.24, 2.45) is 0 Å². The molecule has 0 aliphatic carbocycles. The molecule has 2 N–H and O–H groups in total. The molecule has 0 unspecified atom stereocenters. The Balaban J connectivity index is 2.38. The number of nitrogens with zero attached hydrogens (tertiary/aromatic N) is 2. The van der Waals surface area contributed by atoms with Crippen LogP contribution >= 0.6 is 0 Å². The zero-order valence-corrected chi connectivity index (χ0v) is 9.06. The van der Waals surface area contributed by atoms with Gasteiger partial charge in [-0.25, -0.2) is 0 Å². The minimum atomic E-state index is -0.981. The maximum atomic E-state index is 11.4.